The second-order valence-corrected chi connectivity index (χ2v) is 7.64. The van der Waals surface area contributed by atoms with E-state index >= 15 is 0 Å². The second-order valence-electron chi connectivity index (χ2n) is 7.20. The van der Waals surface area contributed by atoms with Crippen molar-refractivity contribution in [3.8, 4) is 11.3 Å². The van der Waals surface area contributed by atoms with Crippen molar-refractivity contribution in [3.05, 3.63) is 113 Å². The molecule has 0 radical (unpaired) electrons. The third-order valence-electron chi connectivity index (χ3n) is 4.73. The molecule has 0 saturated heterocycles. The van der Waals surface area contributed by atoms with E-state index in [9.17, 15) is 14.0 Å². The highest BCUT2D eigenvalue weighted by molar-refractivity contribution is 6.30. The standard InChI is InChI=1S/C20H19FN4O2.C6H5Cl/c21-17-9-5-4-8-15(17)19-16(13-24-25-19)20(27)22-11-10-18(26)23-12-14-6-2-1-3-7-14;7-6-4-2-1-3-5-6/h1-9,13H,10-12H2,(H,22,27)(H,23,26)(H,24,25);1-5H. The fourth-order valence-corrected chi connectivity index (χ4v) is 3.16. The van der Waals surface area contributed by atoms with Crippen molar-refractivity contribution in [2.75, 3.05) is 6.54 Å². The second kappa shape index (κ2) is 12.9. The van der Waals surface area contributed by atoms with E-state index in [-0.39, 0.29) is 30.0 Å². The third kappa shape index (κ3) is 7.56. The Balaban J connectivity index is 0.000000396. The van der Waals surface area contributed by atoms with Gasteiger partial charge in [-0.2, -0.15) is 5.10 Å². The Kier molecular flexibility index (Phi) is 9.37. The Morgan fingerprint density at radius 1 is 0.882 bits per heavy atom. The van der Waals surface area contributed by atoms with Crippen LogP contribution in [0.15, 0.2) is 91.1 Å². The lowest BCUT2D eigenvalue weighted by atomic mass is 10.1. The Labute approximate surface area is 202 Å². The van der Waals surface area contributed by atoms with Crippen molar-refractivity contribution < 1.29 is 14.0 Å². The first-order valence-electron chi connectivity index (χ1n) is 10.6. The van der Waals surface area contributed by atoms with Crippen LogP contribution in [0.2, 0.25) is 5.02 Å². The molecule has 4 aromatic rings. The molecule has 2 amide bonds. The zero-order valence-electron chi connectivity index (χ0n) is 18.3. The van der Waals surface area contributed by atoms with Gasteiger partial charge in [-0.05, 0) is 29.8 Å². The predicted octanol–water partition coefficient (Wildman–Crippen LogP) is 4.99. The lowest BCUT2D eigenvalue weighted by molar-refractivity contribution is -0.121. The first kappa shape index (κ1) is 24.7. The summed E-state index contributed by atoms with van der Waals surface area (Å²) in [6.45, 7) is 0.605. The largest absolute Gasteiger partial charge is 0.352 e. The SMILES string of the molecule is Clc1ccccc1.O=C(CCNC(=O)c1cn[nH]c1-c1ccccc1F)NCc1ccccc1. The zero-order valence-corrected chi connectivity index (χ0v) is 19.1. The summed E-state index contributed by atoms with van der Waals surface area (Å²) in [5.74, 6) is -1.03. The highest BCUT2D eigenvalue weighted by Gasteiger charge is 2.17. The van der Waals surface area contributed by atoms with Crippen LogP contribution in [0.5, 0.6) is 0 Å². The van der Waals surface area contributed by atoms with Gasteiger partial charge in [0, 0.05) is 30.1 Å². The lowest BCUT2D eigenvalue weighted by Gasteiger charge is -2.08. The van der Waals surface area contributed by atoms with Gasteiger partial charge in [-0.15, -0.1) is 0 Å². The summed E-state index contributed by atoms with van der Waals surface area (Å²) >= 11 is 5.54. The summed E-state index contributed by atoms with van der Waals surface area (Å²) in [6.07, 6.45) is 1.48. The maximum absolute atomic E-state index is 13.9. The average molecular weight is 479 g/mol. The number of H-pyrrole nitrogens is 1. The van der Waals surface area contributed by atoms with Crippen molar-refractivity contribution in [2.24, 2.45) is 0 Å². The van der Waals surface area contributed by atoms with Crippen LogP contribution in [-0.4, -0.2) is 28.6 Å². The van der Waals surface area contributed by atoms with E-state index < -0.39 is 11.7 Å². The molecule has 3 aromatic carbocycles. The van der Waals surface area contributed by atoms with E-state index in [0.29, 0.717) is 12.2 Å². The Morgan fingerprint density at radius 2 is 1.53 bits per heavy atom. The Hall–Kier alpha value is -3.97. The molecule has 0 bridgehead atoms. The number of hydrogen-bond acceptors (Lipinski definition) is 3. The number of carbonyl (C=O) groups is 2. The molecule has 0 unspecified atom stereocenters. The molecule has 0 aliphatic carbocycles. The van der Waals surface area contributed by atoms with Crippen molar-refractivity contribution in [1.29, 1.82) is 0 Å². The fraction of sp³-hybridized carbons (Fsp3) is 0.115. The molecule has 1 heterocycles. The number of aromatic nitrogens is 2. The van der Waals surface area contributed by atoms with E-state index in [1.54, 1.807) is 18.2 Å². The molecule has 0 aliphatic rings. The van der Waals surface area contributed by atoms with E-state index in [2.05, 4.69) is 20.8 Å². The number of carbonyl (C=O) groups excluding carboxylic acids is 2. The number of nitrogens with one attached hydrogen (secondary N) is 3. The highest BCUT2D eigenvalue weighted by Crippen LogP contribution is 2.23. The first-order chi connectivity index (χ1) is 16.5. The average Bonchev–Trinajstić information content (AvgIpc) is 3.34. The molecule has 8 heteroatoms. The van der Waals surface area contributed by atoms with E-state index in [1.165, 1.54) is 12.3 Å². The van der Waals surface area contributed by atoms with Crippen LogP contribution < -0.4 is 10.6 Å². The molecule has 174 valence electrons. The van der Waals surface area contributed by atoms with Crippen molar-refractivity contribution >= 4 is 23.4 Å². The van der Waals surface area contributed by atoms with Gasteiger partial charge in [0.2, 0.25) is 5.91 Å². The quantitative estimate of drug-likeness (QED) is 0.349. The zero-order chi connectivity index (χ0) is 24.2. The Morgan fingerprint density at radius 3 is 2.18 bits per heavy atom. The predicted molar refractivity (Wildman–Crippen MR) is 131 cm³/mol. The number of rotatable bonds is 7. The molecule has 0 atom stereocenters. The number of nitrogens with zero attached hydrogens (tertiary/aromatic N) is 1. The molecular formula is C26H24ClFN4O2. The van der Waals surface area contributed by atoms with Gasteiger partial charge in [-0.3, -0.25) is 14.7 Å². The summed E-state index contributed by atoms with van der Waals surface area (Å²) in [4.78, 5) is 24.2. The summed E-state index contributed by atoms with van der Waals surface area (Å²) in [5.41, 5.74) is 1.80. The summed E-state index contributed by atoms with van der Waals surface area (Å²) in [5, 5.41) is 12.7. The molecule has 4 rings (SSSR count). The smallest absolute Gasteiger partial charge is 0.255 e. The number of aromatic amines is 1. The molecule has 6 nitrogen and oxygen atoms in total. The van der Waals surface area contributed by atoms with Gasteiger partial charge in [0.25, 0.3) is 5.91 Å². The molecular weight excluding hydrogens is 455 g/mol. The van der Waals surface area contributed by atoms with Crippen LogP contribution in [0.3, 0.4) is 0 Å². The van der Waals surface area contributed by atoms with Gasteiger partial charge in [0.1, 0.15) is 5.82 Å². The van der Waals surface area contributed by atoms with Gasteiger partial charge in [0.05, 0.1) is 17.5 Å². The monoisotopic (exact) mass is 478 g/mol. The number of benzene rings is 3. The molecule has 34 heavy (non-hydrogen) atoms. The van der Waals surface area contributed by atoms with Gasteiger partial charge in [-0.1, -0.05) is 72.3 Å². The maximum Gasteiger partial charge on any atom is 0.255 e. The van der Waals surface area contributed by atoms with Crippen LogP contribution >= 0.6 is 11.6 Å². The summed E-state index contributed by atoms with van der Waals surface area (Å²) < 4.78 is 13.9. The normalized spacial score (nSPS) is 10.1. The van der Waals surface area contributed by atoms with Gasteiger partial charge >= 0.3 is 0 Å². The molecule has 3 N–H and O–H groups in total. The molecule has 0 saturated carbocycles. The first-order valence-corrected chi connectivity index (χ1v) is 11.0. The molecule has 0 aliphatic heterocycles. The minimum absolute atomic E-state index is 0.144. The van der Waals surface area contributed by atoms with Gasteiger partial charge < -0.3 is 10.6 Å². The fourth-order valence-electron chi connectivity index (χ4n) is 3.01. The third-order valence-corrected chi connectivity index (χ3v) is 4.98. The van der Waals surface area contributed by atoms with Crippen LogP contribution in [0.25, 0.3) is 11.3 Å². The number of amides is 2. The summed E-state index contributed by atoms with van der Waals surface area (Å²) in [7, 11) is 0. The maximum atomic E-state index is 13.9. The lowest BCUT2D eigenvalue weighted by Crippen LogP contribution is -2.30. The van der Waals surface area contributed by atoms with E-state index in [1.807, 2.05) is 60.7 Å². The number of hydrogen-bond donors (Lipinski definition) is 3. The highest BCUT2D eigenvalue weighted by atomic mass is 35.5. The van der Waals surface area contributed by atoms with Crippen LogP contribution in [0, 0.1) is 5.82 Å². The van der Waals surface area contributed by atoms with E-state index in [4.69, 9.17) is 11.6 Å². The molecule has 1 aromatic heterocycles. The van der Waals surface area contributed by atoms with Crippen LogP contribution in [0.1, 0.15) is 22.3 Å². The van der Waals surface area contributed by atoms with Crippen molar-refractivity contribution in [3.63, 3.8) is 0 Å². The van der Waals surface area contributed by atoms with Crippen molar-refractivity contribution in [1.82, 2.24) is 20.8 Å². The molecule has 0 spiro atoms. The van der Waals surface area contributed by atoms with Gasteiger partial charge in [-0.25, -0.2) is 4.39 Å². The number of halogens is 2. The summed E-state index contributed by atoms with van der Waals surface area (Å²) in [6, 6.07) is 25.1. The minimum Gasteiger partial charge on any atom is -0.352 e. The van der Waals surface area contributed by atoms with Crippen LogP contribution in [0.4, 0.5) is 4.39 Å². The van der Waals surface area contributed by atoms with Crippen molar-refractivity contribution in [2.45, 2.75) is 13.0 Å². The Bertz CT molecular complexity index is 1200. The van der Waals surface area contributed by atoms with Crippen LogP contribution in [-0.2, 0) is 11.3 Å². The topological polar surface area (TPSA) is 86.9 Å². The minimum atomic E-state index is -0.448. The molecule has 0 fully saturated rings. The van der Waals surface area contributed by atoms with Gasteiger partial charge in [0.15, 0.2) is 0 Å². The van der Waals surface area contributed by atoms with E-state index in [0.717, 1.165) is 10.6 Å².